The molecule has 8 aliphatic carbocycles. The minimum absolute atomic E-state index is 0.211. The van der Waals surface area contributed by atoms with Crippen molar-refractivity contribution in [1.29, 1.82) is 0 Å². The van der Waals surface area contributed by atoms with E-state index in [1.54, 1.807) is 6.92 Å². The molecule has 8 heterocycles. The molecule has 0 fully saturated rings. The molecule has 612 valence electrons. The molecule has 8 aromatic carbocycles. The third-order valence-electron chi connectivity index (χ3n) is 25.4. The number of pyridine rings is 8. The van der Waals surface area contributed by atoms with Crippen molar-refractivity contribution in [3.05, 3.63) is 307 Å². The van der Waals surface area contributed by atoms with Crippen LogP contribution in [0.1, 0.15) is 177 Å². The molecule has 8 aromatic heterocycles. The number of hydrogen-bond donors (Lipinski definition) is 0. The number of carbonyl (C=O) groups excluding carboxylic acids is 1. The number of nitrogens with zero attached hydrogens (tertiary/aromatic N) is 8. The number of esters is 1. The van der Waals surface area contributed by atoms with Crippen LogP contribution in [-0.2, 0) is 60.9 Å². The summed E-state index contributed by atoms with van der Waals surface area (Å²) in [6, 6.07) is 51.9. The summed E-state index contributed by atoms with van der Waals surface area (Å²) in [6.07, 6.45) is 12.6. The average Bonchev–Trinajstić information content (AvgIpc) is 0.745. The summed E-state index contributed by atoms with van der Waals surface area (Å²) in [4.78, 5) is 51.0. The Kier molecular flexibility index (Phi) is 24.6. The number of carbonyl (C=O) groups is 1. The molecule has 0 saturated carbocycles. The van der Waals surface area contributed by atoms with Gasteiger partial charge in [-0.15, -0.1) is 0 Å². The SMILES string of the molecule is Brc1ccc(Br)c2nc3c(cc12)C[C@@H]1C[C@H]3Cc2cc3c(Br)ccc(Br)c3nc21.Brc1ccc(Br)c2nc3c(cc12)C[C@@H]1C[C@H]3Cc2cc3c(Br)ccc(Br)c3nc21.Brc1ccc(Br)c2nc3c(cc12)C[C@@H]1C[C@H]3Cc2cc3c(Br)ccc(Br)c3nc21.Brc1ccc(Br)c2nc3c(cc12)C[C@@H]1C[C@H]3Cc2cc3c(Br)ccc(Br)c3nc21.CCOC(C)=O. The number of hydrogen-bond acceptors (Lipinski definition) is 10. The number of rotatable bonds is 1. The maximum atomic E-state index is 9.82. The van der Waals surface area contributed by atoms with Gasteiger partial charge >= 0.3 is 5.97 Å². The smallest absolute Gasteiger partial charge is 0.302 e. The lowest BCUT2D eigenvalue weighted by atomic mass is 9.70. The average molecular weight is 2640 g/mol. The third-order valence-corrected chi connectivity index (χ3v) is 36.1. The van der Waals surface area contributed by atoms with Gasteiger partial charge in [0.2, 0.25) is 0 Å². The van der Waals surface area contributed by atoms with E-state index in [4.69, 9.17) is 39.9 Å². The van der Waals surface area contributed by atoms with Gasteiger partial charge in [0.05, 0.1) is 50.7 Å². The van der Waals surface area contributed by atoms with Gasteiger partial charge in [-0.1, -0.05) is 127 Å². The molecule has 26 heteroatoms. The van der Waals surface area contributed by atoms with E-state index >= 15 is 0 Å². The summed E-state index contributed by atoms with van der Waals surface area (Å²) in [5, 5.41) is 9.42. The van der Waals surface area contributed by atoms with Crippen LogP contribution in [-0.4, -0.2) is 52.4 Å². The molecule has 8 atom stereocenters. The summed E-state index contributed by atoms with van der Waals surface area (Å²) in [5.74, 6) is 3.43. The van der Waals surface area contributed by atoms with Gasteiger partial charge in [-0.25, -0.2) is 0 Å². The highest BCUT2D eigenvalue weighted by Crippen LogP contribution is 2.55. The first kappa shape index (κ1) is 86.2. The van der Waals surface area contributed by atoms with Crippen molar-refractivity contribution in [3.63, 3.8) is 0 Å². The number of ether oxygens (including phenoxy) is 1. The van der Waals surface area contributed by atoms with Crippen LogP contribution in [0, 0.1) is 0 Å². The summed E-state index contributed by atoms with van der Waals surface area (Å²) in [5.41, 5.74) is 29.5. The Labute approximate surface area is 838 Å². The maximum absolute atomic E-state index is 9.82. The number of halogens is 16. The molecule has 122 heavy (non-hydrogen) atoms. The van der Waals surface area contributed by atoms with Crippen LogP contribution in [0.4, 0.5) is 0 Å². The Balaban J connectivity index is 0.000000101. The Morgan fingerprint density at radius 2 is 0.361 bits per heavy atom. The molecular weight excluding hydrogens is 2580 g/mol. The molecule has 0 saturated heterocycles. The normalized spacial score (nSPS) is 19.4. The number of fused-ring (bicyclic) bond motifs is 32. The molecule has 0 radical (unpaired) electrons. The quantitative estimate of drug-likeness (QED) is 0.146. The van der Waals surface area contributed by atoms with Gasteiger partial charge in [0.1, 0.15) is 0 Å². The summed E-state index contributed by atoms with van der Waals surface area (Å²) >= 11 is 59.2. The zero-order valence-corrected chi connectivity index (χ0v) is 90.0. The van der Waals surface area contributed by atoms with Crippen LogP contribution in [0.3, 0.4) is 0 Å². The fourth-order valence-corrected chi connectivity index (χ4v) is 27.1. The van der Waals surface area contributed by atoms with Crippen LogP contribution in [0.2, 0.25) is 0 Å². The molecule has 0 aliphatic heterocycles. The van der Waals surface area contributed by atoms with E-state index in [2.05, 4.69) is 405 Å². The van der Waals surface area contributed by atoms with Gasteiger partial charge in [0, 0.05) is 214 Å². The molecule has 10 nitrogen and oxygen atoms in total. The molecule has 24 rings (SSSR count). The topological polar surface area (TPSA) is 129 Å². The van der Waals surface area contributed by atoms with Crippen molar-refractivity contribution >= 4 is 348 Å². The molecular formula is C96H64Br16N8O2. The van der Waals surface area contributed by atoms with Crippen molar-refractivity contribution in [1.82, 2.24) is 39.9 Å². The van der Waals surface area contributed by atoms with Crippen molar-refractivity contribution < 1.29 is 9.53 Å². The Morgan fingerprint density at radius 3 is 0.467 bits per heavy atom. The van der Waals surface area contributed by atoms with Gasteiger partial charge < -0.3 is 4.74 Å². The third kappa shape index (κ3) is 15.9. The van der Waals surface area contributed by atoms with Crippen LogP contribution < -0.4 is 0 Å². The zero-order chi connectivity index (χ0) is 84.4. The minimum Gasteiger partial charge on any atom is -0.466 e. The molecule has 0 unspecified atom stereocenters. The fraction of sp³-hybridized carbons (Fsp3) is 0.240. The molecule has 0 spiro atoms. The monoisotopic (exact) mass is 2620 g/mol. The fourth-order valence-electron chi connectivity index (χ4n) is 20.2. The first-order valence-electron chi connectivity index (χ1n) is 40.1. The second-order valence-electron chi connectivity index (χ2n) is 32.7. The maximum Gasteiger partial charge on any atom is 0.302 e. The van der Waals surface area contributed by atoms with E-state index in [9.17, 15) is 4.79 Å². The van der Waals surface area contributed by atoms with Crippen molar-refractivity contribution in [2.75, 3.05) is 6.61 Å². The van der Waals surface area contributed by atoms with Gasteiger partial charge in [-0.05, 0) is 402 Å². The van der Waals surface area contributed by atoms with Crippen LogP contribution in [0.15, 0.2) is 217 Å². The van der Waals surface area contributed by atoms with E-state index in [-0.39, 0.29) is 5.97 Å². The lowest BCUT2D eigenvalue weighted by Crippen LogP contribution is -2.27. The van der Waals surface area contributed by atoms with Gasteiger partial charge in [-0.3, -0.25) is 44.7 Å². The summed E-state index contributed by atoms with van der Waals surface area (Å²) in [7, 11) is 0. The summed E-state index contributed by atoms with van der Waals surface area (Å²) in [6.45, 7) is 3.65. The van der Waals surface area contributed by atoms with Crippen LogP contribution >= 0.6 is 255 Å². The zero-order valence-electron chi connectivity index (χ0n) is 64.6. The van der Waals surface area contributed by atoms with E-state index in [1.807, 2.05) is 0 Å². The van der Waals surface area contributed by atoms with Crippen molar-refractivity contribution in [2.45, 2.75) is 138 Å². The predicted octanol–water partition coefficient (Wildman–Crippen LogP) is 33.4. The largest absolute Gasteiger partial charge is 0.466 e. The summed E-state index contributed by atoms with van der Waals surface area (Å²) < 4.78 is 21.6. The predicted molar refractivity (Wildman–Crippen MR) is 549 cm³/mol. The first-order chi connectivity index (χ1) is 58.7. The van der Waals surface area contributed by atoms with E-state index in [0.717, 1.165) is 193 Å². The molecule has 0 amide bonds. The standard InChI is InChI=1S/4C23H14Br4N2.C4H8O2/c4*24-16-1-3-18(26)22-14(16)8-12-6-10-5-11(20(12)28-22)7-13-9-15-17(25)2-4-19(27)23(15)29-21(10)13;1-3-6-4(2)5/h4*1-4,8-11H,5-7H2;3H2,1-2H3/t4*10-,11-;/m0000./s1. The number of benzene rings is 8. The van der Waals surface area contributed by atoms with Gasteiger partial charge in [0.15, 0.2) is 0 Å². The van der Waals surface area contributed by atoms with Crippen LogP contribution in [0.5, 0.6) is 0 Å². The molecule has 16 aromatic rings. The molecule has 8 bridgehead atoms. The molecule has 8 aliphatic rings. The second kappa shape index (κ2) is 34.8. The Morgan fingerprint density at radius 1 is 0.238 bits per heavy atom. The van der Waals surface area contributed by atoms with Gasteiger partial charge in [-0.2, -0.15) is 0 Å². The second-order valence-corrected chi connectivity index (χ2v) is 46.4. The van der Waals surface area contributed by atoms with Crippen molar-refractivity contribution in [2.24, 2.45) is 0 Å². The highest BCUT2D eigenvalue weighted by molar-refractivity contribution is 9.13. The minimum atomic E-state index is -0.211. The lowest BCUT2D eigenvalue weighted by Gasteiger charge is -2.36. The van der Waals surface area contributed by atoms with Crippen molar-refractivity contribution in [3.8, 4) is 0 Å². The Bertz CT molecular complexity index is 5990. The molecule has 0 N–H and O–H groups in total. The van der Waals surface area contributed by atoms with E-state index < -0.39 is 0 Å². The van der Waals surface area contributed by atoms with E-state index in [0.29, 0.717) is 54.0 Å². The Hall–Kier alpha value is -3.81. The first-order valence-corrected chi connectivity index (χ1v) is 52.8. The van der Waals surface area contributed by atoms with Gasteiger partial charge in [0.25, 0.3) is 0 Å². The lowest BCUT2D eigenvalue weighted by molar-refractivity contribution is -0.140. The van der Waals surface area contributed by atoms with Crippen LogP contribution in [0.25, 0.3) is 87.2 Å². The van der Waals surface area contributed by atoms with E-state index in [1.165, 1.54) is 140 Å². The highest BCUT2D eigenvalue weighted by atomic mass is 79.9. The number of aromatic nitrogens is 8. The highest BCUT2D eigenvalue weighted by Gasteiger charge is 2.42.